The van der Waals surface area contributed by atoms with Crippen LogP contribution in [0.3, 0.4) is 0 Å². The van der Waals surface area contributed by atoms with Crippen molar-refractivity contribution < 1.29 is 4.92 Å². The lowest BCUT2D eigenvalue weighted by Gasteiger charge is -2.32. The zero-order valence-corrected chi connectivity index (χ0v) is 17.3. The average Bonchev–Trinajstić information content (AvgIpc) is 3.49. The monoisotopic (exact) mass is 419 g/mol. The highest BCUT2D eigenvalue weighted by atomic mass is 32.2. The highest BCUT2D eigenvalue weighted by molar-refractivity contribution is 8.14. The van der Waals surface area contributed by atoms with Crippen LogP contribution in [0.1, 0.15) is 36.8 Å². The molecule has 0 unspecified atom stereocenters. The number of benzene rings is 1. The molecule has 2 aromatic heterocycles. The number of thioether (sulfide) groups is 1. The molecule has 2 aliphatic heterocycles. The average molecular weight is 420 g/mol. The highest BCUT2D eigenvalue weighted by Gasteiger charge is 2.46. The first-order valence-corrected chi connectivity index (χ1v) is 11.0. The molecule has 3 atom stereocenters. The van der Waals surface area contributed by atoms with E-state index in [0.29, 0.717) is 6.04 Å². The molecule has 0 radical (unpaired) electrons. The fourth-order valence-electron chi connectivity index (χ4n) is 4.28. The van der Waals surface area contributed by atoms with Gasteiger partial charge in [0.25, 0.3) is 5.69 Å². The van der Waals surface area contributed by atoms with Gasteiger partial charge >= 0.3 is 0 Å². The van der Waals surface area contributed by atoms with Crippen LogP contribution in [-0.4, -0.2) is 36.3 Å². The number of aliphatic imine (C=N–C) groups is 1. The molecule has 8 heteroatoms. The first-order valence-electron chi connectivity index (χ1n) is 9.99. The predicted molar refractivity (Wildman–Crippen MR) is 118 cm³/mol. The molecule has 3 aromatic rings. The zero-order chi connectivity index (χ0) is 20.7. The lowest BCUT2D eigenvalue weighted by atomic mass is 9.99. The summed E-state index contributed by atoms with van der Waals surface area (Å²) in [6.07, 6.45) is 4.87. The van der Waals surface area contributed by atoms with Gasteiger partial charge in [-0.15, -0.1) is 0 Å². The van der Waals surface area contributed by atoms with Gasteiger partial charge in [-0.05, 0) is 42.8 Å². The van der Waals surface area contributed by atoms with Crippen LogP contribution in [0.5, 0.6) is 0 Å². The molecule has 1 fully saturated rings. The maximum atomic E-state index is 11.0. The fourth-order valence-corrected chi connectivity index (χ4v) is 5.61. The van der Waals surface area contributed by atoms with Crippen molar-refractivity contribution in [1.82, 2.24) is 14.5 Å². The van der Waals surface area contributed by atoms with E-state index < -0.39 is 0 Å². The van der Waals surface area contributed by atoms with Crippen molar-refractivity contribution in [2.45, 2.75) is 31.5 Å². The second kappa shape index (κ2) is 7.60. The van der Waals surface area contributed by atoms with E-state index in [2.05, 4.69) is 27.4 Å². The van der Waals surface area contributed by atoms with Gasteiger partial charge in [-0.2, -0.15) is 0 Å². The van der Waals surface area contributed by atoms with Crippen molar-refractivity contribution in [3.63, 3.8) is 0 Å². The quantitative estimate of drug-likeness (QED) is 0.440. The number of hydrogen-bond acceptors (Lipinski definition) is 6. The molecule has 0 aliphatic carbocycles. The van der Waals surface area contributed by atoms with Crippen LogP contribution in [0, 0.1) is 10.1 Å². The summed E-state index contributed by atoms with van der Waals surface area (Å²) in [7, 11) is 0. The normalized spacial score (nSPS) is 22.8. The maximum absolute atomic E-state index is 11.0. The molecule has 2 aliphatic rings. The molecule has 0 N–H and O–H groups in total. The van der Waals surface area contributed by atoms with Crippen molar-refractivity contribution in [1.29, 1.82) is 0 Å². The third-order valence-electron chi connectivity index (χ3n) is 5.75. The lowest BCUT2D eigenvalue weighted by molar-refractivity contribution is -0.384. The largest absolute Gasteiger partial charge is 0.337 e. The van der Waals surface area contributed by atoms with E-state index in [1.165, 1.54) is 0 Å². The van der Waals surface area contributed by atoms with E-state index in [1.807, 2.05) is 48.4 Å². The Labute approximate surface area is 178 Å². The van der Waals surface area contributed by atoms with E-state index in [0.717, 1.165) is 34.4 Å². The Bertz CT molecular complexity index is 1100. The molecule has 152 valence electrons. The third-order valence-corrected chi connectivity index (χ3v) is 6.88. The van der Waals surface area contributed by atoms with Gasteiger partial charge in [0.05, 0.1) is 10.6 Å². The summed E-state index contributed by atoms with van der Waals surface area (Å²) in [6, 6.07) is 17.2. The van der Waals surface area contributed by atoms with Gasteiger partial charge in [-0.1, -0.05) is 24.8 Å². The van der Waals surface area contributed by atoms with Crippen LogP contribution in [0.4, 0.5) is 5.69 Å². The van der Waals surface area contributed by atoms with E-state index >= 15 is 0 Å². The predicted octanol–water partition coefficient (Wildman–Crippen LogP) is 4.76. The summed E-state index contributed by atoms with van der Waals surface area (Å²) in [5, 5.41) is 12.1. The molecule has 0 saturated carbocycles. The molecule has 7 nitrogen and oxygen atoms in total. The van der Waals surface area contributed by atoms with Gasteiger partial charge in [0, 0.05) is 47.7 Å². The molecule has 30 heavy (non-hydrogen) atoms. The van der Waals surface area contributed by atoms with E-state index in [4.69, 9.17) is 4.99 Å². The van der Waals surface area contributed by atoms with E-state index in [1.54, 1.807) is 24.3 Å². The summed E-state index contributed by atoms with van der Waals surface area (Å²) in [5.41, 5.74) is 3.05. The highest BCUT2D eigenvalue weighted by Crippen LogP contribution is 2.48. The summed E-state index contributed by atoms with van der Waals surface area (Å²) in [6.45, 7) is 2.22. The summed E-state index contributed by atoms with van der Waals surface area (Å²) < 4.78 is 2.11. The second-order valence-corrected chi connectivity index (χ2v) is 8.40. The molecule has 1 aromatic carbocycles. The topological polar surface area (TPSA) is 76.6 Å². The Morgan fingerprint density at radius 1 is 1.17 bits per heavy atom. The molecule has 0 bridgehead atoms. The van der Waals surface area contributed by atoms with Crippen molar-refractivity contribution in [3.05, 3.63) is 88.5 Å². The molecule has 0 spiro atoms. The van der Waals surface area contributed by atoms with E-state index in [-0.39, 0.29) is 22.7 Å². The standard InChI is InChI=1S/C22H21N5O2S/c1-2-15-14-30-22-24-20(18-6-3-4-12-23-18)21(26(15)22)19-7-5-13-25(19)16-8-10-17(11-9-16)27(28)29/h3-13,15,20-21H,2,14H2,1H3/t15-,20-,21+/m0/s1. The number of rotatable bonds is 5. The summed E-state index contributed by atoms with van der Waals surface area (Å²) in [4.78, 5) is 22.8. The smallest absolute Gasteiger partial charge is 0.269 e. The third kappa shape index (κ3) is 3.08. The van der Waals surface area contributed by atoms with Gasteiger partial charge < -0.3 is 9.47 Å². The van der Waals surface area contributed by atoms with E-state index in [9.17, 15) is 10.1 Å². The van der Waals surface area contributed by atoms with Crippen LogP contribution < -0.4 is 0 Å². The minimum absolute atomic E-state index is 0.0278. The van der Waals surface area contributed by atoms with Crippen LogP contribution in [0.2, 0.25) is 0 Å². The molecular formula is C22H21N5O2S. The molecule has 1 saturated heterocycles. The van der Waals surface area contributed by atoms with Gasteiger partial charge in [-0.25, -0.2) is 0 Å². The van der Waals surface area contributed by atoms with Gasteiger partial charge in [0.1, 0.15) is 12.1 Å². The Morgan fingerprint density at radius 2 is 2.00 bits per heavy atom. The van der Waals surface area contributed by atoms with Crippen LogP contribution in [0.15, 0.2) is 72.0 Å². The Hall–Kier alpha value is -3.13. The van der Waals surface area contributed by atoms with Crippen molar-refractivity contribution in [3.8, 4) is 5.69 Å². The molecular weight excluding hydrogens is 398 g/mol. The minimum Gasteiger partial charge on any atom is -0.337 e. The van der Waals surface area contributed by atoms with Crippen molar-refractivity contribution >= 4 is 22.6 Å². The van der Waals surface area contributed by atoms with Gasteiger partial charge in [0.15, 0.2) is 5.17 Å². The number of nitro groups is 1. The Morgan fingerprint density at radius 3 is 2.70 bits per heavy atom. The Kier molecular flexibility index (Phi) is 4.78. The SMILES string of the molecule is CC[C@H]1CSC2=N[C@@H](c3ccccn3)[C@@H](c3cccn3-c3ccc([N+](=O)[O-])cc3)N21. The number of nitrogens with zero attached hydrogens (tertiary/aromatic N) is 5. The van der Waals surface area contributed by atoms with Crippen LogP contribution in [0.25, 0.3) is 5.69 Å². The first-order chi connectivity index (χ1) is 14.7. The maximum Gasteiger partial charge on any atom is 0.269 e. The van der Waals surface area contributed by atoms with Crippen LogP contribution >= 0.6 is 11.8 Å². The van der Waals surface area contributed by atoms with Gasteiger partial charge in [-0.3, -0.25) is 20.1 Å². The molecule has 0 amide bonds. The number of hydrogen-bond donors (Lipinski definition) is 0. The summed E-state index contributed by atoms with van der Waals surface area (Å²) in [5.74, 6) is 1.04. The molecule has 5 rings (SSSR count). The Balaban J connectivity index is 1.59. The first kappa shape index (κ1) is 18.9. The fraction of sp³-hybridized carbons (Fsp3) is 0.273. The zero-order valence-electron chi connectivity index (χ0n) is 16.5. The number of nitro benzene ring substituents is 1. The van der Waals surface area contributed by atoms with Gasteiger partial charge in [0.2, 0.25) is 0 Å². The minimum atomic E-state index is -0.373. The number of aromatic nitrogens is 2. The van der Waals surface area contributed by atoms with Crippen LogP contribution in [-0.2, 0) is 0 Å². The molecule has 4 heterocycles. The number of amidine groups is 1. The van der Waals surface area contributed by atoms with Crippen molar-refractivity contribution in [2.24, 2.45) is 4.99 Å². The number of pyridine rings is 1. The van der Waals surface area contributed by atoms with Crippen molar-refractivity contribution in [2.75, 3.05) is 5.75 Å². The number of fused-ring (bicyclic) bond motifs is 1. The second-order valence-electron chi connectivity index (χ2n) is 7.41. The summed E-state index contributed by atoms with van der Waals surface area (Å²) >= 11 is 1.82. The number of non-ortho nitro benzene ring substituents is 1. The lowest BCUT2D eigenvalue weighted by Crippen LogP contribution is -2.36.